The van der Waals surface area contributed by atoms with E-state index in [0.717, 1.165) is 11.0 Å². The molecule has 4 rings (SSSR count). The Balaban J connectivity index is 1.61. The SMILES string of the molecule is COC(=O)[C@H](Cc1cnc2ccccc2n1)NC(=O)c1ccnc2ccccc12. The van der Waals surface area contributed by atoms with Crippen LogP contribution < -0.4 is 5.32 Å². The predicted octanol–water partition coefficient (Wildman–Crippen LogP) is 2.69. The first kappa shape index (κ1) is 18.5. The van der Waals surface area contributed by atoms with E-state index in [-0.39, 0.29) is 12.3 Å². The molecule has 144 valence electrons. The number of methoxy groups -OCH3 is 1. The van der Waals surface area contributed by atoms with Crippen LogP contribution in [0.4, 0.5) is 0 Å². The fourth-order valence-corrected chi connectivity index (χ4v) is 3.17. The first-order valence-electron chi connectivity index (χ1n) is 9.09. The number of amides is 1. The number of hydrogen-bond donors (Lipinski definition) is 1. The van der Waals surface area contributed by atoms with Gasteiger partial charge in [0.2, 0.25) is 0 Å². The maximum atomic E-state index is 12.9. The molecule has 1 atom stereocenters. The van der Waals surface area contributed by atoms with Crippen LogP contribution >= 0.6 is 0 Å². The Morgan fingerprint density at radius 2 is 1.69 bits per heavy atom. The van der Waals surface area contributed by atoms with Gasteiger partial charge >= 0.3 is 5.97 Å². The third kappa shape index (κ3) is 3.89. The first-order valence-corrected chi connectivity index (χ1v) is 9.09. The summed E-state index contributed by atoms with van der Waals surface area (Å²) in [7, 11) is 1.29. The number of carbonyl (C=O) groups is 2. The standard InChI is InChI=1S/C22H18N4O3/c1-29-22(28)20(12-14-13-24-18-8-4-5-9-19(18)25-14)26-21(27)16-10-11-23-17-7-3-2-6-15(16)17/h2-11,13,20H,12H2,1H3,(H,26,27)/t20-/m0/s1. The number of esters is 1. The van der Waals surface area contributed by atoms with Crippen molar-refractivity contribution in [1.82, 2.24) is 20.3 Å². The van der Waals surface area contributed by atoms with Crippen molar-refractivity contribution in [2.45, 2.75) is 12.5 Å². The molecular formula is C22H18N4O3. The van der Waals surface area contributed by atoms with Gasteiger partial charge < -0.3 is 10.1 Å². The molecular weight excluding hydrogens is 368 g/mol. The lowest BCUT2D eigenvalue weighted by atomic mass is 10.1. The Morgan fingerprint density at radius 3 is 2.48 bits per heavy atom. The highest BCUT2D eigenvalue weighted by atomic mass is 16.5. The summed E-state index contributed by atoms with van der Waals surface area (Å²) in [5, 5.41) is 3.47. The summed E-state index contributed by atoms with van der Waals surface area (Å²) in [4.78, 5) is 38.4. The minimum atomic E-state index is -0.894. The second kappa shape index (κ2) is 8.02. The number of pyridine rings is 1. The van der Waals surface area contributed by atoms with Gasteiger partial charge in [-0.25, -0.2) is 9.78 Å². The molecule has 0 aliphatic rings. The predicted molar refractivity (Wildman–Crippen MR) is 108 cm³/mol. The topological polar surface area (TPSA) is 94.1 Å². The van der Waals surface area contributed by atoms with E-state index in [1.807, 2.05) is 48.5 Å². The highest BCUT2D eigenvalue weighted by Crippen LogP contribution is 2.17. The van der Waals surface area contributed by atoms with Gasteiger partial charge in [-0.3, -0.25) is 14.8 Å². The summed E-state index contributed by atoms with van der Waals surface area (Å²) in [6.07, 6.45) is 3.34. The van der Waals surface area contributed by atoms with E-state index >= 15 is 0 Å². The van der Waals surface area contributed by atoms with E-state index in [2.05, 4.69) is 20.3 Å². The monoisotopic (exact) mass is 386 g/mol. The zero-order valence-corrected chi connectivity index (χ0v) is 15.7. The van der Waals surface area contributed by atoms with E-state index in [9.17, 15) is 9.59 Å². The molecule has 0 spiro atoms. The minimum Gasteiger partial charge on any atom is -0.467 e. The zero-order valence-electron chi connectivity index (χ0n) is 15.7. The Labute approximate surface area is 166 Å². The van der Waals surface area contributed by atoms with Crippen LogP contribution in [0.1, 0.15) is 16.1 Å². The number of benzene rings is 2. The molecule has 7 heteroatoms. The second-order valence-electron chi connectivity index (χ2n) is 6.48. The van der Waals surface area contributed by atoms with Gasteiger partial charge in [0, 0.05) is 24.2 Å². The van der Waals surface area contributed by atoms with Crippen LogP contribution in [0.25, 0.3) is 21.9 Å². The summed E-state index contributed by atoms with van der Waals surface area (Å²) in [5.74, 6) is -0.931. The van der Waals surface area contributed by atoms with E-state index in [1.54, 1.807) is 18.5 Å². The van der Waals surface area contributed by atoms with Gasteiger partial charge in [0.25, 0.3) is 5.91 Å². The van der Waals surface area contributed by atoms with E-state index in [0.29, 0.717) is 22.2 Å². The van der Waals surface area contributed by atoms with Crippen LogP contribution in [0.2, 0.25) is 0 Å². The summed E-state index contributed by atoms with van der Waals surface area (Å²) >= 11 is 0. The normalized spacial score (nSPS) is 11.9. The Hall–Kier alpha value is -3.87. The lowest BCUT2D eigenvalue weighted by Gasteiger charge is -2.17. The molecule has 0 aliphatic heterocycles. The summed E-state index contributed by atoms with van der Waals surface area (Å²) in [6, 6.07) is 15.5. The number of nitrogens with one attached hydrogen (secondary N) is 1. The molecule has 0 bridgehead atoms. The Morgan fingerprint density at radius 1 is 0.966 bits per heavy atom. The maximum absolute atomic E-state index is 12.9. The molecule has 0 radical (unpaired) electrons. The van der Waals surface area contributed by atoms with Crippen molar-refractivity contribution in [2.24, 2.45) is 0 Å². The van der Waals surface area contributed by atoms with E-state index < -0.39 is 12.0 Å². The van der Waals surface area contributed by atoms with E-state index in [4.69, 9.17) is 4.74 Å². The van der Waals surface area contributed by atoms with E-state index in [1.165, 1.54) is 7.11 Å². The molecule has 0 fully saturated rings. The van der Waals surface area contributed by atoms with Crippen LogP contribution in [0.15, 0.2) is 67.0 Å². The number of nitrogens with zero attached hydrogens (tertiary/aromatic N) is 3. The molecule has 0 aliphatic carbocycles. The average molecular weight is 386 g/mol. The fraction of sp³-hybridized carbons (Fsp3) is 0.136. The van der Waals surface area contributed by atoms with Gasteiger partial charge in [-0.2, -0.15) is 0 Å². The lowest BCUT2D eigenvalue weighted by molar-refractivity contribution is -0.142. The average Bonchev–Trinajstić information content (AvgIpc) is 2.77. The molecule has 1 N–H and O–H groups in total. The molecule has 2 heterocycles. The third-order valence-electron chi connectivity index (χ3n) is 4.60. The van der Waals surface area contributed by atoms with Crippen molar-refractivity contribution in [2.75, 3.05) is 7.11 Å². The van der Waals surface area contributed by atoms with Crippen molar-refractivity contribution < 1.29 is 14.3 Å². The number of ether oxygens (including phenoxy) is 1. The van der Waals surface area contributed by atoms with Crippen LogP contribution in [0.5, 0.6) is 0 Å². The molecule has 2 aromatic carbocycles. The van der Waals surface area contributed by atoms with Gasteiger partial charge in [-0.15, -0.1) is 0 Å². The number of fused-ring (bicyclic) bond motifs is 2. The first-order chi connectivity index (χ1) is 14.2. The highest BCUT2D eigenvalue weighted by molar-refractivity contribution is 6.07. The van der Waals surface area contributed by atoms with Gasteiger partial charge in [-0.1, -0.05) is 30.3 Å². The molecule has 0 saturated carbocycles. The number of rotatable bonds is 5. The number of carbonyl (C=O) groups excluding carboxylic acids is 2. The van der Waals surface area contributed by atoms with Crippen molar-refractivity contribution in [3.8, 4) is 0 Å². The molecule has 0 unspecified atom stereocenters. The molecule has 4 aromatic rings. The fourth-order valence-electron chi connectivity index (χ4n) is 3.17. The molecule has 0 saturated heterocycles. The summed E-state index contributed by atoms with van der Waals surface area (Å²) < 4.78 is 4.88. The number of para-hydroxylation sites is 3. The van der Waals surface area contributed by atoms with Crippen molar-refractivity contribution in [3.05, 3.63) is 78.2 Å². The smallest absolute Gasteiger partial charge is 0.328 e. The highest BCUT2D eigenvalue weighted by Gasteiger charge is 2.24. The number of aromatic nitrogens is 3. The van der Waals surface area contributed by atoms with Crippen LogP contribution in [-0.4, -0.2) is 40.0 Å². The largest absolute Gasteiger partial charge is 0.467 e. The zero-order chi connectivity index (χ0) is 20.2. The summed E-state index contributed by atoms with van der Waals surface area (Å²) in [5.41, 5.74) is 3.21. The van der Waals surface area contributed by atoms with Gasteiger partial charge in [0.05, 0.1) is 34.9 Å². The molecule has 29 heavy (non-hydrogen) atoms. The number of hydrogen-bond acceptors (Lipinski definition) is 6. The van der Waals surface area contributed by atoms with Crippen LogP contribution in [0, 0.1) is 0 Å². The molecule has 7 nitrogen and oxygen atoms in total. The second-order valence-corrected chi connectivity index (χ2v) is 6.48. The summed E-state index contributed by atoms with van der Waals surface area (Å²) in [6.45, 7) is 0. The van der Waals surface area contributed by atoms with Crippen molar-refractivity contribution in [1.29, 1.82) is 0 Å². The van der Waals surface area contributed by atoms with Gasteiger partial charge in [-0.05, 0) is 24.3 Å². The Kier molecular flexibility index (Phi) is 5.11. The van der Waals surface area contributed by atoms with Gasteiger partial charge in [0.1, 0.15) is 6.04 Å². The Bertz CT molecular complexity index is 1200. The van der Waals surface area contributed by atoms with Crippen LogP contribution in [-0.2, 0) is 16.0 Å². The lowest BCUT2D eigenvalue weighted by Crippen LogP contribution is -2.43. The van der Waals surface area contributed by atoms with Gasteiger partial charge in [0.15, 0.2) is 0 Å². The quantitative estimate of drug-likeness (QED) is 0.530. The minimum absolute atomic E-state index is 0.166. The maximum Gasteiger partial charge on any atom is 0.328 e. The van der Waals surface area contributed by atoms with Crippen LogP contribution in [0.3, 0.4) is 0 Å². The van der Waals surface area contributed by atoms with Crippen molar-refractivity contribution >= 4 is 33.8 Å². The van der Waals surface area contributed by atoms with Crippen molar-refractivity contribution in [3.63, 3.8) is 0 Å². The third-order valence-corrected chi connectivity index (χ3v) is 4.60. The molecule has 2 aromatic heterocycles. The molecule has 1 amide bonds.